The maximum absolute atomic E-state index is 12.7. The Morgan fingerprint density at radius 3 is 2.56 bits per heavy atom. The first kappa shape index (κ1) is 18.4. The number of sulfonamides is 1. The van der Waals surface area contributed by atoms with Gasteiger partial charge in [0.15, 0.2) is 0 Å². The van der Waals surface area contributed by atoms with Crippen molar-refractivity contribution in [2.45, 2.75) is 56.9 Å². The van der Waals surface area contributed by atoms with Crippen molar-refractivity contribution < 1.29 is 13.2 Å². The van der Waals surface area contributed by atoms with Crippen LogP contribution < -0.4 is 5.32 Å². The molecule has 6 heteroatoms. The van der Waals surface area contributed by atoms with Crippen molar-refractivity contribution in [1.82, 2.24) is 9.62 Å². The molecule has 1 aromatic rings. The molecule has 1 heterocycles. The minimum absolute atomic E-state index is 0.162. The van der Waals surface area contributed by atoms with Crippen molar-refractivity contribution in [2.75, 3.05) is 13.1 Å². The van der Waals surface area contributed by atoms with Gasteiger partial charge in [-0.3, -0.25) is 4.79 Å². The normalized spacial score (nSPS) is 28.0. The maximum atomic E-state index is 12.7. The summed E-state index contributed by atoms with van der Waals surface area (Å²) in [7, 11) is -3.49. The standard InChI is InChI=1S/C19H28N2O3S/c1-14-7-5-10-18(15(14)2)20-19(22)16-8-6-9-17(13-16)25(23,24)21-11-3-4-12-21/h6,8-9,13-15,18H,3-5,7,10-12H2,1-2H3,(H,20,22). The topological polar surface area (TPSA) is 66.5 Å². The van der Waals surface area contributed by atoms with Crippen LogP contribution in [-0.4, -0.2) is 37.8 Å². The Kier molecular flexibility index (Phi) is 5.49. The molecule has 5 nitrogen and oxygen atoms in total. The second-order valence-corrected chi connectivity index (χ2v) is 9.42. The van der Waals surface area contributed by atoms with Crippen LogP contribution in [0.25, 0.3) is 0 Å². The molecule has 2 aliphatic rings. The van der Waals surface area contributed by atoms with Crippen LogP contribution in [0.5, 0.6) is 0 Å². The van der Waals surface area contributed by atoms with Gasteiger partial charge in [0, 0.05) is 24.7 Å². The number of rotatable bonds is 4. The number of carbonyl (C=O) groups excluding carboxylic acids is 1. The van der Waals surface area contributed by atoms with Crippen LogP contribution in [0.2, 0.25) is 0 Å². The largest absolute Gasteiger partial charge is 0.349 e. The van der Waals surface area contributed by atoms with Gasteiger partial charge < -0.3 is 5.32 Å². The van der Waals surface area contributed by atoms with E-state index in [1.807, 2.05) is 0 Å². The lowest BCUT2D eigenvalue weighted by atomic mass is 9.78. The minimum Gasteiger partial charge on any atom is -0.349 e. The molecule has 0 aromatic heterocycles. The van der Waals surface area contributed by atoms with E-state index in [-0.39, 0.29) is 16.8 Å². The second kappa shape index (κ2) is 7.46. The molecule has 25 heavy (non-hydrogen) atoms. The fourth-order valence-corrected chi connectivity index (χ4v) is 5.48. The molecule has 0 spiro atoms. The number of amides is 1. The van der Waals surface area contributed by atoms with Crippen LogP contribution in [0.3, 0.4) is 0 Å². The summed E-state index contributed by atoms with van der Waals surface area (Å²) in [5.41, 5.74) is 0.422. The Bertz CT molecular complexity index is 726. The van der Waals surface area contributed by atoms with Gasteiger partial charge in [0.05, 0.1) is 4.90 Å². The molecule has 1 amide bonds. The average molecular weight is 365 g/mol. The van der Waals surface area contributed by atoms with E-state index in [2.05, 4.69) is 19.2 Å². The maximum Gasteiger partial charge on any atom is 0.251 e. The van der Waals surface area contributed by atoms with E-state index in [0.29, 0.717) is 30.5 Å². The van der Waals surface area contributed by atoms with Crippen molar-refractivity contribution in [1.29, 1.82) is 0 Å². The van der Waals surface area contributed by atoms with Crippen molar-refractivity contribution in [2.24, 2.45) is 11.8 Å². The zero-order valence-corrected chi connectivity index (χ0v) is 15.9. The van der Waals surface area contributed by atoms with Gasteiger partial charge in [-0.05, 0) is 49.3 Å². The third-order valence-corrected chi connectivity index (χ3v) is 7.72. The fourth-order valence-electron chi connectivity index (χ4n) is 3.91. The van der Waals surface area contributed by atoms with E-state index in [9.17, 15) is 13.2 Å². The number of nitrogens with zero attached hydrogens (tertiary/aromatic N) is 1. The number of hydrogen-bond donors (Lipinski definition) is 1. The van der Waals surface area contributed by atoms with Crippen LogP contribution >= 0.6 is 0 Å². The van der Waals surface area contributed by atoms with Gasteiger partial charge >= 0.3 is 0 Å². The first-order valence-electron chi connectivity index (χ1n) is 9.30. The van der Waals surface area contributed by atoms with E-state index in [1.165, 1.54) is 16.8 Å². The summed E-state index contributed by atoms with van der Waals surface area (Å²) in [6.45, 7) is 5.54. The lowest BCUT2D eigenvalue weighted by Gasteiger charge is -2.34. The summed E-state index contributed by atoms with van der Waals surface area (Å²) in [5.74, 6) is 0.861. The lowest BCUT2D eigenvalue weighted by Crippen LogP contribution is -2.43. The number of nitrogens with one attached hydrogen (secondary N) is 1. The molecule has 2 fully saturated rings. The Hall–Kier alpha value is -1.40. The first-order valence-corrected chi connectivity index (χ1v) is 10.7. The van der Waals surface area contributed by atoms with Crippen LogP contribution in [0.1, 0.15) is 56.3 Å². The van der Waals surface area contributed by atoms with E-state index in [0.717, 1.165) is 25.7 Å². The van der Waals surface area contributed by atoms with Crippen molar-refractivity contribution in [3.63, 3.8) is 0 Å². The molecule has 3 unspecified atom stereocenters. The van der Waals surface area contributed by atoms with Gasteiger partial charge in [-0.25, -0.2) is 8.42 Å². The molecule has 0 radical (unpaired) electrons. The SMILES string of the molecule is CC1CCCC(NC(=O)c2cccc(S(=O)(=O)N3CCCC3)c2)C1C. The molecular formula is C19H28N2O3S. The molecule has 1 aliphatic heterocycles. The molecule has 0 bridgehead atoms. The van der Waals surface area contributed by atoms with Crippen LogP contribution in [0, 0.1) is 11.8 Å². The number of hydrogen-bond acceptors (Lipinski definition) is 3. The fraction of sp³-hybridized carbons (Fsp3) is 0.632. The summed E-state index contributed by atoms with van der Waals surface area (Å²) >= 11 is 0. The Balaban J connectivity index is 1.75. The second-order valence-electron chi connectivity index (χ2n) is 7.49. The molecule has 1 saturated heterocycles. The highest BCUT2D eigenvalue weighted by atomic mass is 32.2. The number of carbonyl (C=O) groups is 1. The van der Waals surface area contributed by atoms with Crippen LogP contribution in [-0.2, 0) is 10.0 Å². The molecule has 1 aromatic carbocycles. The molecule has 1 aliphatic carbocycles. The third kappa shape index (κ3) is 3.90. The molecule has 3 atom stereocenters. The predicted octanol–water partition coefficient (Wildman–Crippen LogP) is 3.03. The smallest absolute Gasteiger partial charge is 0.251 e. The zero-order valence-electron chi connectivity index (χ0n) is 15.1. The zero-order chi connectivity index (χ0) is 18.0. The summed E-state index contributed by atoms with van der Waals surface area (Å²) in [6.07, 6.45) is 5.12. The van der Waals surface area contributed by atoms with E-state index in [1.54, 1.807) is 18.2 Å². The molecule has 1 N–H and O–H groups in total. The van der Waals surface area contributed by atoms with Crippen molar-refractivity contribution in [3.05, 3.63) is 29.8 Å². The molecule has 138 valence electrons. The molecule has 3 rings (SSSR count). The summed E-state index contributed by atoms with van der Waals surface area (Å²) < 4.78 is 26.9. The number of benzene rings is 1. The van der Waals surface area contributed by atoms with E-state index in [4.69, 9.17) is 0 Å². The van der Waals surface area contributed by atoms with Gasteiger partial charge in [0.2, 0.25) is 10.0 Å². The Morgan fingerprint density at radius 2 is 1.84 bits per heavy atom. The highest BCUT2D eigenvalue weighted by Crippen LogP contribution is 2.30. The minimum atomic E-state index is -3.49. The molecule has 1 saturated carbocycles. The lowest BCUT2D eigenvalue weighted by molar-refractivity contribution is 0.0891. The van der Waals surface area contributed by atoms with Crippen LogP contribution in [0.15, 0.2) is 29.2 Å². The van der Waals surface area contributed by atoms with E-state index < -0.39 is 10.0 Å². The quantitative estimate of drug-likeness (QED) is 0.893. The summed E-state index contributed by atoms with van der Waals surface area (Å²) in [4.78, 5) is 12.9. The van der Waals surface area contributed by atoms with Gasteiger partial charge in [-0.15, -0.1) is 0 Å². The van der Waals surface area contributed by atoms with Crippen LogP contribution in [0.4, 0.5) is 0 Å². The summed E-state index contributed by atoms with van der Waals surface area (Å²) in [6, 6.07) is 6.60. The van der Waals surface area contributed by atoms with E-state index >= 15 is 0 Å². The highest BCUT2D eigenvalue weighted by molar-refractivity contribution is 7.89. The van der Waals surface area contributed by atoms with Crippen molar-refractivity contribution >= 4 is 15.9 Å². The summed E-state index contributed by atoms with van der Waals surface area (Å²) in [5, 5.41) is 3.12. The van der Waals surface area contributed by atoms with Crippen molar-refractivity contribution in [3.8, 4) is 0 Å². The average Bonchev–Trinajstić information content (AvgIpc) is 3.14. The van der Waals surface area contributed by atoms with Gasteiger partial charge in [0.25, 0.3) is 5.91 Å². The first-order chi connectivity index (χ1) is 11.9. The Morgan fingerprint density at radius 1 is 1.12 bits per heavy atom. The monoisotopic (exact) mass is 364 g/mol. The molecular weight excluding hydrogens is 336 g/mol. The van der Waals surface area contributed by atoms with Gasteiger partial charge in [-0.2, -0.15) is 4.31 Å². The van der Waals surface area contributed by atoms with Gasteiger partial charge in [-0.1, -0.05) is 32.8 Å². The highest BCUT2D eigenvalue weighted by Gasteiger charge is 2.30. The predicted molar refractivity (Wildman–Crippen MR) is 97.9 cm³/mol. The Labute approximate surface area is 150 Å². The third-order valence-electron chi connectivity index (χ3n) is 5.82. The van der Waals surface area contributed by atoms with Gasteiger partial charge in [0.1, 0.15) is 0 Å².